The van der Waals surface area contributed by atoms with Crippen molar-refractivity contribution in [2.45, 2.75) is 34.1 Å². The van der Waals surface area contributed by atoms with E-state index >= 15 is 0 Å². The maximum absolute atomic E-state index is 4.85. The number of hydrogen-bond donors (Lipinski definition) is 1. The summed E-state index contributed by atoms with van der Waals surface area (Å²) in [5.74, 6) is 1.80. The van der Waals surface area contributed by atoms with Crippen LogP contribution < -0.4 is 5.32 Å². The van der Waals surface area contributed by atoms with E-state index in [4.69, 9.17) is 4.99 Å². The van der Waals surface area contributed by atoms with Gasteiger partial charge in [-0.05, 0) is 43.4 Å². The van der Waals surface area contributed by atoms with Crippen LogP contribution in [0.15, 0.2) is 23.5 Å². The van der Waals surface area contributed by atoms with Crippen molar-refractivity contribution < 1.29 is 0 Å². The van der Waals surface area contributed by atoms with Gasteiger partial charge in [-0.1, -0.05) is 13.8 Å². The highest BCUT2D eigenvalue weighted by Gasteiger charge is 2.19. The van der Waals surface area contributed by atoms with Crippen molar-refractivity contribution in [2.24, 2.45) is 10.9 Å². The summed E-state index contributed by atoms with van der Waals surface area (Å²) in [6, 6.07) is 2.10. The van der Waals surface area contributed by atoms with Crippen LogP contribution in [0.2, 0.25) is 0 Å². The van der Waals surface area contributed by atoms with Gasteiger partial charge < -0.3 is 10.2 Å². The normalized spacial score (nSPS) is 16.0. The number of pyridine rings is 1. The average molecular weight is 459 g/mol. The van der Waals surface area contributed by atoms with E-state index in [0.29, 0.717) is 0 Å². The van der Waals surface area contributed by atoms with Gasteiger partial charge in [0.15, 0.2) is 5.96 Å². The van der Waals surface area contributed by atoms with Crippen LogP contribution in [-0.2, 0) is 6.42 Å². The molecule has 1 N–H and O–H groups in total. The Morgan fingerprint density at radius 3 is 2.60 bits per heavy atom. The van der Waals surface area contributed by atoms with Crippen molar-refractivity contribution in [3.8, 4) is 0 Å². The summed E-state index contributed by atoms with van der Waals surface area (Å²) in [5.41, 5.74) is 2.59. The van der Waals surface area contributed by atoms with E-state index < -0.39 is 0 Å². The Hall–Kier alpha value is -0.890. The van der Waals surface area contributed by atoms with E-state index in [1.807, 2.05) is 12.4 Å². The summed E-state index contributed by atoms with van der Waals surface area (Å²) in [7, 11) is 0. The number of nitrogens with one attached hydrogen (secondary N) is 1. The molecule has 0 unspecified atom stereocenters. The SMILES string of the molecule is CCNC(=NCCc1ccncc1C)N1CCN(CC(C)C)CC1.I. The van der Waals surface area contributed by atoms with E-state index in [2.05, 4.69) is 53.9 Å². The molecular weight excluding hydrogens is 425 g/mol. The van der Waals surface area contributed by atoms with Crippen LogP contribution >= 0.6 is 24.0 Å². The van der Waals surface area contributed by atoms with E-state index in [0.717, 1.165) is 57.6 Å². The third-order valence-electron chi connectivity index (χ3n) is 4.41. The lowest BCUT2D eigenvalue weighted by atomic mass is 10.1. The second-order valence-corrected chi connectivity index (χ2v) is 6.97. The molecule has 0 saturated carbocycles. The first-order chi connectivity index (χ1) is 11.6. The van der Waals surface area contributed by atoms with Gasteiger partial charge in [0.25, 0.3) is 0 Å². The molecule has 0 amide bonds. The van der Waals surface area contributed by atoms with Crippen LogP contribution in [0.4, 0.5) is 0 Å². The number of halogens is 1. The summed E-state index contributed by atoms with van der Waals surface area (Å²) in [6.07, 6.45) is 4.76. The number of aliphatic imine (C=N–C) groups is 1. The Morgan fingerprint density at radius 1 is 1.28 bits per heavy atom. The maximum Gasteiger partial charge on any atom is 0.194 e. The van der Waals surface area contributed by atoms with Gasteiger partial charge in [0.2, 0.25) is 0 Å². The fourth-order valence-electron chi connectivity index (χ4n) is 3.15. The second kappa shape index (κ2) is 11.7. The third kappa shape index (κ3) is 7.48. The fourth-order valence-corrected chi connectivity index (χ4v) is 3.15. The Labute approximate surface area is 170 Å². The smallest absolute Gasteiger partial charge is 0.194 e. The van der Waals surface area contributed by atoms with Gasteiger partial charge in [0, 0.05) is 58.2 Å². The lowest BCUT2D eigenvalue weighted by molar-refractivity contribution is 0.164. The van der Waals surface area contributed by atoms with Crippen molar-refractivity contribution in [2.75, 3.05) is 45.8 Å². The predicted octanol–water partition coefficient (Wildman–Crippen LogP) is 2.79. The first kappa shape index (κ1) is 22.2. The molecule has 1 aromatic heterocycles. The highest BCUT2D eigenvalue weighted by Crippen LogP contribution is 2.08. The minimum atomic E-state index is 0. The molecule has 2 heterocycles. The summed E-state index contributed by atoms with van der Waals surface area (Å²) in [6.45, 7) is 16.2. The van der Waals surface area contributed by atoms with Gasteiger partial charge in [-0.25, -0.2) is 0 Å². The molecule has 2 rings (SSSR count). The number of nitrogens with zero attached hydrogens (tertiary/aromatic N) is 4. The first-order valence-corrected chi connectivity index (χ1v) is 9.25. The van der Waals surface area contributed by atoms with E-state index in [1.165, 1.54) is 17.7 Å². The number of rotatable bonds is 6. The van der Waals surface area contributed by atoms with E-state index in [1.54, 1.807) is 0 Å². The van der Waals surface area contributed by atoms with Crippen LogP contribution in [0.1, 0.15) is 31.9 Å². The zero-order valence-electron chi connectivity index (χ0n) is 16.2. The molecule has 1 fully saturated rings. The zero-order valence-corrected chi connectivity index (χ0v) is 18.5. The van der Waals surface area contributed by atoms with Crippen LogP contribution in [0.25, 0.3) is 0 Å². The molecule has 1 saturated heterocycles. The topological polar surface area (TPSA) is 43.8 Å². The summed E-state index contributed by atoms with van der Waals surface area (Å²) in [5, 5.41) is 3.45. The Bertz CT molecular complexity index is 524. The largest absolute Gasteiger partial charge is 0.357 e. The van der Waals surface area contributed by atoms with Gasteiger partial charge in [0.1, 0.15) is 0 Å². The molecule has 0 atom stereocenters. The van der Waals surface area contributed by atoms with Crippen molar-refractivity contribution in [3.63, 3.8) is 0 Å². The second-order valence-electron chi connectivity index (χ2n) is 6.97. The van der Waals surface area contributed by atoms with Crippen LogP contribution in [0, 0.1) is 12.8 Å². The maximum atomic E-state index is 4.85. The molecule has 25 heavy (non-hydrogen) atoms. The zero-order chi connectivity index (χ0) is 17.4. The molecule has 1 aromatic rings. The molecule has 5 nitrogen and oxygen atoms in total. The van der Waals surface area contributed by atoms with E-state index in [9.17, 15) is 0 Å². The third-order valence-corrected chi connectivity index (χ3v) is 4.41. The minimum absolute atomic E-state index is 0. The molecule has 1 aliphatic heterocycles. The summed E-state index contributed by atoms with van der Waals surface area (Å²) >= 11 is 0. The average Bonchev–Trinajstić information content (AvgIpc) is 2.56. The van der Waals surface area contributed by atoms with Crippen LogP contribution in [0.5, 0.6) is 0 Å². The Kier molecular flexibility index (Phi) is 10.3. The standard InChI is InChI=1S/C19H33N5.HI/c1-5-21-19(22-9-7-18-6-8-20-14-17(18)4)24-12-10-23(11-13-24)15-16(2)3;/h6,8,14,16H,5,7,9-13,15H2,1-4H3,(H,21,22);1H. The highest BCUT2D eigenvalue weighted by atomic mass is 127. The Balaban J connectivity index is 0.00000312. The molecule has 1 aliphatic rings. The molecular formula is C19H34IN5. The monoisotopic (exact) mass is 459 g/mol. The number of guanidine groups is 1. The Morgan fingerprint density at radius 2 is 2.00 bits per heavy atom. The van der Waals surface area contributed by atoms with Crippen molar-refractivity contribution in [1.82, 2.24) is 20.1 Å². The molecule has 6 heteroatoms. The van der Waals surface area contributed by atoms with Gasteiger partial charge in [-0.2, -0.15) is 0 Å². The van der Waals surface area contributed by atoms with Gasteiger partial charge in [0.05, 0.1) is 0 Å². The molecule has 0 aromatic carbocycles. The first-order valence-electron chi connectivity index (χ1n) is 9.25. The predicted molar refractivity (Wildman–Crippen MR) is 117 cm³/mol. The quantitative estimate of drug-likeness (QED) is 0.404. The van der Waals surface area contributed by atoms with Gasteiger partial charge in [-0.15, -0.1) is 24.0 Å². The highest BCUT2D eigenvalue weighted by molar-refractivity contribution is 14.0. The van der Waals surface area contributed by atoms with Gasteiger partial charge in [-0.3, -0.25) is 14.9 Å². The number of piperazine rings is 1. The summed E-state index contributed by atoms with van der Waals surface area (Å²) in [4.78, 5) is 14.0. The lowest BCUT2D eigenvalue weighted by Gasteiger charge is -2.37. The van der Waals surface area contributed by atoms with E-state index in [-0.39, 0.29) is 24.0 Å². The van der Waals surface area contributed by atoms with Gasteiger partial charge >= 0.3 is 0 Å². The lowest BCUT2D eigenvalue weighted by Crippen LogP contribution is -2.53. The molecule has 142 valence electrons. The fraction of sp³-hybridized carbons (Fsp3) is 0.684. The van der Waals surface area contributed by atoms with Crippen LogP contribution in [-0.4, -0.2) is 66.6 Å². The molecule has 0 bridgehead atoms. The van der Waals surface area contributed by atoms with Crippen LogP contribution in [0.3, 0.4) is 0 Å². The molecule has 0 spiro atoms. The molecule has 0 radical (unpaired) electrons. The number of aryl methyl sites for hydroxylation is 1. The van der Waals surface area contributed by atoms with Crippen molar-refractivity contribution in [3.05, 3.63) is 29.6 Å². The molecule has 0 aliphatic carbocycles. The van der Waals surface area contributed by atoms with Crippen molar-refractivity contribution in [1.29, 1.82) is 0 Å². The number of hydrogen-bond acceptors (Lipinski definition) is 3. The summed E-state index contributed by atoms with van der Waals surface area (Å²) < 4.78 is 0. The minimum Gasteiger partial charge on any atom is -0.357 e. The van der Waals surface area contributed by atoms with Crippen molar-refractivity contribution >= 4 is 29.9 Å². The number of aromatic nitrogens is 1.